The fourth-order valence-electron chi connectivity index (χ4n) is 2.54. The lowest BCUT2D eigenvalue weighted by atomic mass is 10.2. The summed E-state index contributed by atoms with van der Waals surface area (Å²) >= 11 is 12.3. The lowest BCUT2D eigenvalue weighted by molar-refractivity contribution is 0.346. The second-order valence-corrected chi connectivity index (χ2v) is 7.78. The highest BCUT2D eigenvalue weighted by Crippen LogP contribution is 2.32. The van der Waals surface area contributed by atoms with E-state index < -0.39 is 10.0 Å². The number of hydrogen-bond donors (Lipinski definition) is 0. The summed E-state index contributed by atoms with van der Waals surface area (Å²) < 4.78 is 26.9. The van der Waals surface area contributed by atoms with Gasteiger partial charge in [0.1, 0.15) is 4.90 Å². The zero-order valence-corrected chi connectivity index (χ0v) is 13.5. The summed E-state index contributed by atoms with van der Waals surface area (Å²) in [5.74, 6) is 0. The Morgan fingerprint density at radius 1 is 1.10 bits per heavy atom. The number of nitrogens with zero attached hydrogens (tertiary/aromatic N) is 2. The molecule has 0 bridgehead atoms. The summed E-state index contributed by atoms with van der Waals surface area (Å²) in [6, 6.07) is 5.06. The summed E-state index contributed by atoms with van der Waals surface area (Å²) in [5, 5.41) is 1.24. The molecule has 0 atom stereocenters. The SMILES string of the molecule is O=S(=O)(c1cnc2ccc(Cl)cc2c1Cl)N1CCCCC1. The predicted molar refractivity (Wildman–Crippen MR) is 84.4 cm³/mol. The number of pyridine rings is 1. The van der Waals surface area contributed by atoms with Crippen molar-refractivity contribution in [3.8, 4) is 0 Å². The van der Waals surface area contributed by atoms with E-state index in [9.17, 15) is 8.42 Å². The molecule has 0 spiro atoms. The van der Waals surface area contributed by atoms with Crippen LogP contribution in [-0.4, -0.2) is 30.8 Å². The van der Waals surface area contributed by atoms with Crippen LogP contribution in [0.5, 0.6) is 0 Å². The summed E-state index contributed by atoms with van der Waals surface area (Å²) in [6.07, 6.45) is 4.15. The van der Waals surface area contributed by atoms with Crippen LogP contribution in [0.2, 0.25) is 10.0 Å². The van der Waals surface area contributed by atoms with Gasteiger partial charge < -0.3 is 0 Å². The van der Waals surface area contributed by atoms with Gasteiger partial charge in [-0.05, 0) is 31.0 Å². The molecule has 1 aromatic heterocycles. The van der Waals surface area contributed by atoms with Crippen LogP contribution in [0, 0.1) is 0 Å². The number of benzene rings is 1. The van der Waals surface area contributed by atoms with Gasteiger partial charge in [0.25, 0.3) is 0 Å². The maximum absolute atomic E-state index is 12.7. The van der Waals surface area contributed by atoms with Crippen molar-refractivity contribution >= 4 is 44.1 Å². The van der Waals surface area contributed by atoms with E-state index in [1.54, 1.807) is 18.2 Å². The average molecular weight is 345 g/mol. The van der Waals surface area contributed by atoms with Crippen molar-refractivity contribution in [2.45, 2.75) is 24.2 Å². The molecule has 2 heterocycles. The number of aromatic nitrogens is 1. The number of piperidine rings is 1. The Balaban J connectivity index is 2.13. The highest BCUT2D eigenvalue weighted by molar-refractivity contribution is 7.89. The van der Waals surface area contributed by atoms with Gasteiger partial charge in [-0.2, -0.15) is 4.31 Å². The molecule has 4 nitrogen and oxygen atoms in total. The summed E-state index contributed by atoms with van der Waals surface area (Å²) in [4.78, 5) is 4.25. The van der Waals surface area contributed by atoms with E-state index in [2.05, 4.69) is 4.98 Å². The van der Waals surface area contributed by atoms with Crippen LogP contribution in [0.1, 0.15) is 19.3 Å². The quantitative estimate of drug-likeness (QED) is 0.834. The van der Waals surface area contributed by atoms with E-state index in [1.165, 1.54) is 10.5 Å². The van der Waals surface area contributed by atoms with E-state index in [0.717, 1.165) is 19.3 Å². The molecule has 1 saturated heterocycles. The molecular weight excluding hydrogens is 331 g/mol. The van der Waals surface area contributed by atoms with Gasteiger partial charge in [0.05, 0.1) is 10.5 Å². The van der Waals surface area contributed by atoms with Crippen molar-refractivity contribution in [1.82, 2.24) is 9.29 Å². The Morgan fingerprint density at radius 3 is 2.52 bits per heavy atom. The van der Waals surface area contributed by atoms with Crippen molar-refractivity contribution in [1.29, 1.82) is 0 Å². The third-order valence-corrected chi connectivity index (χ3v) is 6.33. The zero-order valence-electron chi connectivity index (χ0n) is 11.2. The molecule has 0 amide bonds. The Bertz CT molecular complexity index is 787. The molecule has 3 rings (SSSR count). The maximum Gasteiger partial charge on any atom is 0.246 e. The normalized spacial score (nSPS) is 17.2. The van der Waals surface area contributed by atoms with E-state index >= 15 is 0 Å². The van der Waals surface area contributed by atoms with Crippen LogP contribution in [-0.2, 0) is 10.0 Å². The number of sulfonamides is 1. The van der Waals surface area contributed by atoms with Crippen LogP contribution >= 0.6 is 23.2 Å². The highest BCUT2D eigenvalue weighted by Gasteiger charge is 2.29. The van der Waals surface area contributed by atoms with Gasteiger partial charge in [0.2, 0.25) is 10.0 Å². The van der Waals surface area contributed by atoms with Crippen molar-refractivity contribution in [2.75, 3.05) is 13.1 Å². The Labute approximate surface area is 133 Å². The van der Waals surface area contributed by atoms with Crippen LogP contribution in [0.25, 0.3) is 10.9 Å². The smallest absolute Gasteiger partial charge is 0.246 e. The minimum absolute atomic E-state index is 0.0563. The van der Waals surface area contributed by atoms with E-state index in [-0.39, 0.29) is 9.92 Å². The predicted octanol–water partition coefficient (Wildman–Crippen LogP) is 3.72. The van der Waals surface area contributed by atoms with Gasteiger partial charge in [-0.25, -0.2) is 8.42 Å². The second kappa shape index (κ2) is 5.72. The minimum atomic E-state index is -3.60. The molecule has 21 heavy (non-hydrogen) atoms. The molecule has 0 aliphatic carbocycles. The second-order valence-electron chi connectivity index (χ2n) is 5.06. The van der Waals surface area contributed by atoms with Gasteiger partial charge in [-0.3, -0.25) is 4.98 Å². The lowest BCUT2D eigenvalue weighted by Gasteiger charge is -2.26. The number of fused-ring (bicyclic) bond motifs is 1. The van der Waals surface area contributed by atoms with Crippen molar-refractivity contribution in [2.24, 2.45) is 0 Å². The maximum atomic E-state index is 12.7. The highest BCUT2D eigenvalue weighted by atomic mass is 35.5. The topological polar surface area (TPSA) is 50.3 Å². The molecule has 1 aliphatic heterocycles. The minimum Gasteiger partial charge on any atom is -0.255 e. The number of halogens is 2. The van der Waals surface area contributed by atoms with Crippen LogP contribution < -0.4 is 0 Å². The summed E-state index contributed by atoms with van der Waals surface area (Å²) in [6.45, 7) is 1.07. The zero-order chi connectivity index (χ0) is 15.0. The molecule has 7 heteroatoms. The first-order chi connectivity index (χ1) is 10.00. The first-order valence-corrected chi connectivity index (χ1v) is 8.93. The fourth-order valence-corrected chi connectivity index (χ4v) is 4.74. The van der Waals surface area contributed by atoms with Crippen LogP contribution in [0.15, 0.2) is 29.3 Å². The Morgan fingerprint density at radius 2 is 1.81 bits per heavy atom. The van der Waals surface area contributed by atoms with Gasteiger partial charge in [-0.15, -0.1) is 0 Å². The molecule has 0 saturated carbocycles. The monoisotopic (exact) mass is 344 g/mol. The largest absolute Gasteiger partial charge is 0.255 e. The molecule has 0 unspecified atom stereocenters. The first kappa shape index (κ1) is 15.0. The Hall–Kier alpha value is -0.880. The van der Waals surface area contributed by atoms with Crippen LogP contribution in [0.3, 0.4) is 0 Å². The van der Waals surface area contributed by atoms with Gasteiger partial charge in [0.15, 0.2) is 0 Å². The number of hydrogen-bond acceptors (Lipinski definition) is 3. The van der Waals surface area contributed by atoms with Gasteiger partial charge in [-0.1, -0.05) is 29.6 Å². The fraction of sp³-hybridized carbons (Fsp3) is 0.357. The van der Waals surface area contributed by atoms with Crippen molar-refractivity contribution < 1.29 is 8.42 Å². The van der Waals surface area contributed by atoms with E-state index in [4.69, 9.17) is 23.2 Å². The lowest BCUT2D eigenvalue weighted by Crippen LogP contribution is -2.35. The van der Waals surface area contributed by atoms with E-state index in [1.807, 2.05) is 0 Å². The molecule has 0 radical (unpaired) electrons. The molecule has 1 aromatic carbocycles. The summed E-state index contributed by atoms with van der Waals surface area (Å²) in [7, 11) is -3.60. The molecule has 2 aromatic rings. The van der Waals surface area contributed by atoms with E-state index in [0.29, 0.717) is 29.0 Å². The standard InChI is InChI=1S/C14H14Cl2N2O2S/c15-10-4-5-12-11(8-10)14(16)13(9-17-12)21(19,20)18-6-2-1-3-7-18/h4-5,8-9H,1-3,6-7H2. The molecule has 112 valence electrons. The Kier molecular flexibility index (Phi) is 4.10. The first-order valence-electron chi connectivity index (χ1n) is 6.74. The average Bonchev–Trinajstić information content (AvgIpc) is 2.49. The number of rotatable bonds is 2. The van der Waals surface area contributed by atoms with Gasteiger partial charge in [0, 0.05) is 29.7 Å². The van der Waals surface area contributed by atoms with Crippen molar-refractivity contribution in [3.05, 3.63) is 34.4 Å². The van der Waals surface area contributed by atoms with Crippen molar-refractivity contribution in [3.63, 3.8) is 0 Å². The third kappa shape index (κ3) is 2.75. The molecule has 1 fully saturated rings. The molecule has 1 aliphatic rings. The third-order valence-electron chi connectivity index (χ3n) is 3.67. The van der Waals surface area contributed by atoms with Crippen LogP contribution in [0.4, 0.5) is 0 Å². The molecular formula is C14H14Cl2N2O2S. The summed E-state index contributed by atoms with van der Waals surface area (Å²) in [5.41, 5.74) is 0.627. The molecule has 0 N–H and O–H groups in total. The van der Waals surface area contributed by atoms with Gasteiger partial charge >= 0.3 is 0 Å².